The van der Waals surface area contributed by atoms with E-state index in [1.807, 2.05) is 13.8 Å². The third kappa shape index (κ3) is 3.38. The molecule has 5 nitrogen and oxygen atoms in total. The lowest BCUT2D eigenvalue weighted by atomic mass is 9.84. The molecule has 0 amide bonds. The van der Waals surface area contributed by atoms with Crippen LogP contribution < -0.4 is 0 Å². The molecule has 1 heterocycles. The van der Waals surface area contributed by atoms with Gasteiger partial charge < -0.3 is 10.2 Å². The molecule has 0 aliphatic carbocycles. The first kappa shape index (κ1) is 20.0. The molecular weight excluding hydrogens is 378 g/mol. The van der Waals surface area contributed by atoms with Crippen molar-refractivity contribution in [2.75, 3.05) is 0 Å². The van der Waals surface area contributed by atoms with Gasteiger partial charge in [0, 0.05) is 21.7 Å². The predicted molar refractivity (Wildman–Crippen MR) is 109 cm³/mol. The maximum atomic E-state index is 13.2. The molecule has 1 unspecified atom stereocenters. The number of hydrogen-bond acceptors (Lipinski definition) is 3. The molecule has 0 saturated heterocycles. The highest BCUT2D eigenvalue weighted by Gasteiger charge is 2.32. The van der Waals surface area contributed by atoms with Crippen LogP contribution in [-0.4, -0.2) is 26.7 Å². The molecule has 2 aromatic carbocycles. The maximum absolute atomic E-state index is 13.2. The van der Waals surface area contributed by atoms with E-state index in [0.717, 1.165) is 0 Å². The fourth-order valence-corrected chi connectivity index (χ4v) is 3.82. The summed E-state index contributed by atoms with van der Waals surface area (Å²) in [6.45, 7) is 5.56. The molecule has 0 radical (unpaired) electrons. The first-order chi connectivity index (χ1) is 13.3. The fraction of sp³-hybridized carbons (Fsp3) is 0.273. The average Bonchev–Trinajstić information content (AvgIpc) is 2.93. The number of carbonyl (C=O) groups excluding carboxylic acids is 1. The number of carboxylic acid groups (broad SMARTS) is 1. The molecule has 6 heteroatoms. The SMILES string of the molecule is CC[C@@H](C)C(C(=O)O)c1c(C)n(C(=O)c2ccc(Cl)cc2)c2ccc(O)cc12. The quantitative estimate of drug-likeness (QED) is 0.617. The third-order valence-electron chi connectivity index (χ3n) is 5.32. The van der Waals surface area contributed by atoms with Crippen LogP contribution in [0.4, 0.5) is 0 Å². The Kier molecular flexibility index (Phi) is 5.47. The summed E-state index contributed by atoms with van der Waals surface area (Å²) in [4.78, 5) is 25.3. The molecule has 0 aliphatic rings. The van der Waals surface area contributed by atoms with Crippen molar-refractivity contribution in [3.63, 3.8) is 0 Å². The summed E-state index contributed by atoms with van der Waals surface area (Å²) in [6.07, 6.45) is 0.674. The van der Waals surface area contributed by atoms with Gasteiger partial charge in [-0.3, -0.25) is 14.2 Å². The van der Waals surface area contributed by atoms with Crippen LogP contribution in [0.1, 0.15) is 47.8 Å². The lowest BCUT2D eigenvalue weighted by Gasteiger charge is -2.20. The van der Waals surface area contributed by atoms with E-state index in [4.69, 9.17) is 11.6 Å². The van der Waals surface area contributed by atoms with Gasteiger partial charge in [0.25, 0.3) is 5.91 Å². The molecule has 0 bridgehead atoms. The van der Waals surface area contributed by atoms with E-state index < -0.39 is 11.9 Å². The number of aliphatic carboxylic acids is 1. The van der Waals surface area contributed by atoms with Crippen molar-refractivity contribution in [1.82, 2.24) is 4.57 Å². The Hall–Kier alpha value is -2.79. The van der Waals surface area contributed by atoms with Crippen molar-refractivity contribution in [3.8, 4) is 5.75 Å². The van der Waals surface area contributed by atoms with Crippen LogP contribution >= 0.6 is 11.6 Å². The largest absolute Gasteiger partial charge is 0.508 e. The Bertz CT molecular complexity index is 1050. The molecular formula is C22H22ClNO4. The lowest BCUT2D eigenvalue weighted by Crippen LogP contribution is -2.21. The molecule has 3 rings (SSSR count). The molecule has 2 N–H and O–H groups in total. The number of phenols is 1. The van der Waals surface area contributed by atoms with E-state index in [9.17, 15) is 19.8 Å². The molecule has 0 fully saturated rings. The number of benzene rings is 2. The van der Waals surface area contributed by atoms with Crippen molar-refractivity contribution in [1.29, 1.82) is 0 Å². The van der Waals surface area contributed by atoms with Gasteiger partial charge >= 0.3 is 5.97 Å². The topological polar surface area (TPSA) is 79.5 Å². The Morgan fingerprint density at radius 3 is 2.36 bits per heavy atom. The van der Waals surface area contributed by atoms with Crippen molar-refractivity contribution in [2.45, 2.75) is 33.1 Å². The normalized spacial score (nSPS) is 13.4. The van der Waals surface area contributed by atoms with Crippen LogP contribution in [0.25, 0.3) is 10.9 Å². The van der Waals surface area contributed by atoms with Gasteiger partial charge in [0.2, 0.25) is 0 Å². The summed E-state index contributed by atoms with van der Waals surface area (Å²) in [7, 11) is 0. The molecule has 28 heavy (non-hydrogen) atoms. The minimum Gasteiger partial charge on any atom is -0.508 e. The van der Waals surface area contributed by atoms with Crippen LogP contribution in [0, 0.1) is 12.8 Å². The van der Waals surface area contributed by atoms with Crippen LogP contribution in [0.15, 0.2) is 42.5 Å². The molecule has 1 aromatic heterocycles. The van der Waals surface area contributed by atoms with Gasteiger partial charge in [-0.1, -0.05) is 31.9 Å². The number of halogens is 1. The van der Waals surface area contributed by atoms with Crippen molar-refractivity contribution < 1.29 is 19.8 Å². The zero-order valence-electron chi connectivity index (χ0n) is 15.9. The molecule has 0 saturated carbocycles. The highest BCUT2D eigenvalue weighted by atomic mass is 35.5. The van der Waals surface area contributed by atoms with Crippen LogP contribution in [0.2, 0.25) is 5.02 Å². The second-order valence-corrected chi connectivity index (χ2v) is 7.49. The fourth-order valence-electron chi connectivity index (χ4n) is 3.69. The van der Waals surface area contributed by atoms with Crippen molar-refractivity contribution in [3.05, 3.63) is 64.3 Å². The number of fused-ring (bicyclic) bond motifs is 1. The highest BCUT2D eigenvalue weighted by Crippen LogP contribution is 2.38. The Morgan fingerprint density at radius 2 is 1.79 bits per heavy atom. The van der Waals surface area contributed by atoms with Gasteiger partial charge in [-0.05, 0) is 60.9 Å². The van der Waals surface area contributed by atoms with Crippen LogP contribution in [0.3, 0.4) is 0 Å². The summed E-state index contributed by atoms with van der Waals surface area (Å²) in [6, 6.07) is 11.2. The van der Waals surface area contributed by atoms with E-state index in [1.54, 1.807) is 37.3 Å². The highest BCUT2D eigenvalue weighted by molar-refractivity contribution is 6.30. The number of aromatic nitrogens is 1. The van der Waals surface area contributed by atoms with Crippen molar-refractivity contribution >= 4 is 34.4 Å². The van der Waals surface area contributed by atoms with Gasteiger partial charge in [-0.25, -0.2) is 0 Å². The maximum Gasteiger partial charge on any atom is 0.311 e. The Labute approximate surface area is 168 Å². The van der Waals surface area contributed by atoms with Gasteiger partial charge in [0.05, 0.1) is 11.4 Å². The van der Waals surface area contributed by atoms with E-state index in [0.29, 0.717) is 39.2 Å². The number of rotatable bonds is 5. The number of hydrogen-bond donors (Lipinski definition) is 2. The molecule has 3 aromatic rings. The first-order valence-electron chi connectivity index (χ1n) is 9.13. The number of phenolic OH excluding ortho intramolecular Hbond substituents is 1. The van der Waals surface area contributed by atoms with Gasteiger partial charge in [-0.2, -0.15) is 0 Å². The average molecular weight is 400 g/mol. The molecule has 0 spiro atoms. The summed E-state index contributed by atoms with van der Waals surface area (Å²) < 4.78 is 1.52. The number of aromatic hydroxyl groups is 1. The first-order valence-corrected chi connectivity index (χ1v) is 9.51. The molecule has 2 atom stereocenters. The smallest absolute Gasteiger partial charge is 0.311 e. The predicted octanol–water partition coefficient (Wildman–Crippen LogP) is 5.21. The minimum atomic E-state index is -0.946. The van der Waals surface area contributed by atoms with E-state index >= 15 is 0 Å². The molecule has 0 aliphatic heterocycles. The van der Waals surface area contributed by atoms with E-state index in [2.05, 4.69) is 0 Å². The van der Waals surface area contributed by atoms with Crippen LogP contribution in [-0.2, 0) is 4.79 Å². The number of carboxylic acids is 1. The van der Waals surface area contributed by atoms with Crippen molar-refractivity contribution in [2.24, 2.45) is 5.92 Å². The molecule has 146 valence electrons. The van der Waals surface area contributed by atoms with Gasteiger partial charge in [0.15, 0.2) is 0 Å². The Morgan fingerprint density at radius 1 is 1.14 bits per heavy atom. The monoisotopic (exact) mass is 399 g/mol. The van der Waals surface area contributed by atoms with Gasteiger partial charge in [0.1, 0.15) is 5.75 Å². The van der Waals surface area contributed by atoms with Crippen LogP contribution in [0.5, 0.6) is 5.75 Å². The summed E-state index contributed by atoms with van der Waals surface area (Å²) in [5, 5.41) is 21.0. The van der Waals surface area contributed by atoms with E-state index in [-0.39, 0.29) is 17.6 Å². The summed E-state index contributed by atoms with van der Waals surface area (Å²) in [5.41, 5.74) is 2.14. The summed E-state index contributed by atoms with van der Waals surface area (Å²) >= 11 is 5.93. The second kappa shape index (κ2) is 7.68. The minimum absolute atomic E-state index is 0.0260. The van der Waals surface area contributed by atoms with E-state index in [1.165, 1.54) is 16.7 Å². The van der Waals surface area contributed by atoms with Gasteiger partial charge in [-0.15, -0.1) is 0 Å². The number of nitrogens with zero attached hydrogens (tertiary/aromatic N) is 1. The zero-order valence-corrected chi connectivity index (χ0v) is 16.7. The number of carbonyl (C=O) groups is 2. The standard InChI is InChI=1S/C22H22ClNO4/c1-4-12(2)19(22(27)28)20-13(3)24(18-10-9-16(25)11-17(18)20)21(26)14-5-7-15(23)8-6-14/h5-12,19,25H,4H2,1-3H3,(H,27,28)/t12-,19?/m1/s1. The third-order valence-corrected chi connectivity index (χ3v) is 5.57. The summed E-state index contributed by atoms with van der Waals surface area (Å²) in [5.74, 6) is -2.11. The second-order valence-electron chi connectivity index (χ2n) is 7.05. The lowest BCUT2D eigenvalue weighted by molar-refractivity contribution is -0.140. The zero-order chi connectivity index (χ0) is 20.6. The Balaban J connectivity index is 2.30.